The third-order valence-corrected chi connectivity index (χ3v) is 5.94. The predicted molar refractivity (Wildman–Crippen MR) is 108 cm³/mol. The van der Waals surface area contributed by atoms with Gasteiger partial charge in [-0.15, -0.1) is 0 Å². The smallest absolute Gasteiger partial charge is 0.196 e. The molecule has 6 N–H and O–H groups in total. The average Bonchev–Trinajstić information content (AvgIpc) is 2.99. The number of hydrogen-bond acceptors (Lipinski definition) is 10. The van der Waals surface area contributed by atoms with E-state index in [2.05, 4.69) is 15.3 Å². The zero-order chi connectivity index (χ0) is 21.8. The van der Waals surface area contributed by atoms with Crippen LogP contribution in [0.3, 0.4) is 0 Å². The standard InChI is InChI=1S/C17H33N6O5P/c1-10(2)5-12(7-27-29(25,26)8-11(3)4)28-13(6-24)23-9-20-14-15(18)21-17(19)22-16(14)23/h9-13,15,24H,5-8,18H2,1-4H3,(H,25,26)(H3,19,21,22)/p-1/t12-,13-,15?/m1/s1. The van der Waals surface area contributed by atoms with Crippen molar-refractivity contribution in [3.8, 4) is 0 Å². The summed E-state index contributed by atoms with van der Waals surface area (Å²) >= 11 is 0. The molecule has 0 saturated carbocycles. The number of nitrogens with two attached hydrogens (primary N) is 2. The molecule has 0 saturated heterocycles. The average molecular weight is 431 g/mol. The summed E-state index contributed by atoms with van der Waals surface area (Å²) in [7, 11) is -3.97. The van der Waals surface area contributed by atoms with Crippen LogP contribution >= 0.6 is 7.60 Å². The number of aromatic nitrogens is 2. The zero-order valence-corrected chi connectivity index (χ0v) is 18.2. The molecule has 1 aromatic rings. The molecule has 2 unspecified atom stereocenters. The van der Waals surface area contributed by atoms with Crippen molar-refractivity contribution in [3.63, 3.8) is 0 Å². The molecule has 4 atom stereocenters. The molecule has 2 heterocycles. The molecule has 0 radical (unpaired) electrons. The highest BCUT2D eigenvalue weighted by Crippen LogP contribution is 2.39. The Labute approximate surface area is 171 Å². The third-order valence-electron chi connectivity index (χ3n) is 4.22. The van der Waals surface area contributed by atoms with Gasteiger partial charge < -0.3 is 40.6 Å². The Balaban J connectivity index is 2.14. The van der Waals surface area contributed by atoms with E-state index in [1.807, 2.05) is 27.7 Å². The number of nitrogens with one attached hydrogen (secondary N) is 1. The van der Waals surface area contributed by atoms with E-state index in [0.717, 1.165) is 0 Å². The molecule has 0 spiro atoms. The number of nitrogens with zero attached hydrogens (tertiary/aromatic N) is 3. The highest BCUT2D eigenvalue weighted by Gasteiger charge is 2.28. The van der Waals surface area contributed by atoms with Gasteiger partial charge in [0.2, 0.25) is 0 Å². The summed E-state index contributed by atoms with van der Waals surface area (Å²) in [6.45, 7) is 7.11. The SMILES string of the molecule is CC(C)C[C@H](COP(=O)([O-])CC(C)C)O[C@H](CO)n1cnc2c1NC(N)=NC2N. The summed E-state index contributed by atoms with van der Waals surface area (Å²) in [4.78, 5) is 20.3. The Morgan fingerprint density at radius 2 is 2.07 bits per heavy atom. The molecule has 12 heteroatoms. The molecule has 29 heavy (non-hydrogen) atoms. The van der Waals surface area contributed by atoms with E-state index >= 15 is 0 Å². The summed E-state index contributed by atoms with van der Waals surface area (Å²) in [5, 5.41) is 12.8. The number of imidazole rings is 1. The second-order valence-electron chi connectivity index (χ2n) is 7.98. The normalized spacial score (nSPS) is 20.7. The number of hydrogen-bond donors (Lipinski definition) is 4. The number of aliphatic imine (C=N–C) groups is 1. The van der Waals surface area contributed by atoms with Crippen molar-refractivity contribution < 1.29 is 23.8 Å². The summed E-state index contributed by atoms with van der Waals surface area (Å²) in [5.74, 6) is 0.798. The Morgan fingerprint density at radius 1 is 1.38 bits per heavy atom. The maximum atomic E-state index is 12.1. The van der Waals surface area contributed by atoms with Gasteiger partial charge in [0.05, 0.1) is 25.6 Å². The van der Waals surface area contributed by atoms with Crippen LogP contribution in [0.2, 0.25) is 0 Å². The topological polar surface area (TPSA) is 173 Å². The van der Waals surface area contributed by atoms with E-state index < -0.39 is 26.1 Å². The van der Waals surface area contributed by atoms with E-state index in [1.54, 1.807) is 4.57 Å². The van der Waals surface area contributed by atoms with Gasteiger partial charge in [-0.1, -0.05) is 27.7 Å². The highest BCUT2D eigenvalue weighted by molar-refractivity contribution is 7.51. The molecule has 11 nitrogen and oxygen atoms in total. The number of fused-ring (bicyclic) bond motifs is 1. The van der Waals surface area contributed by atoms with E-state index in [4.69, 9.17) is 20.7 Å². The molecule has 166 valence electrons. The lowest BCUT2D eigenvalue weighted by molar-refractivity contribution is -0.203. The molecule has 0 aliphatic carbocycles. The van der Waals surface area contributed by atoms with Crippen molar-refractivity contribution in [1.29, 1.82) is 0 Å². The van der Waals surface area contributed by atoms with E-state index in [-0.39, 0.29) is 37.2 Å². The predicted octanol–water partition coefficient (Wildman–Crippen LogP) is 0.729. The minimum atomic E-state index is -3.97. The van der Waals surface area contributed by atoms with E-state index in [1.165, 1.54) is 6.33 Å². The number of anilines is 1. The maximum Gasteiger partial charge on any atom is 0.196 e. The maximum absolute atomic E-state index is 12.1. The molecular weight excluding hydrogens is 399 g/mol. The fourth-order valence-electron chi connectivity index (χ4n) is 3.11. The van der Waals surface area contributed by atoms with Gasteiger partial charge in [0.25, 0.3) is 0 Å². The second kappa shape index (κ2) is 10.0. The molecular formula is C17H32N6O5P-. The fourth-order valence-corrected chi connectivity index (χ4v) is 4.50. The van der Waals surface area contributed by atoms with Crippen molar-refractivity contribution in [2.45, 2.75) is 52.6 Å². The molecule has 1 aromatic heterocycles. The van der Waals surface area contributed by atoms with Crippen molar-refractivity contribution in [2.75, 3.05) is 24.7 Å². The molecule has 2 rings (SSSR count). The molecule has 1 aliphatic heterocycles. The Hall–Kier alpha value is -1.49. The first-order valence-corrected chi connectivity index (χ1v) is 11.4. The number of aliphatic hydroxyl groups is 1. The van der Waals surface area contributed by atoms with E-state index in [0.29, 0.717) is 17.9 Å². The summed E-state index contributed by atoms with van der Waals surface area (Å²) in [6.07, 6.45) is -0.129. The van der Waals surface area contributed by atoms with Crippen LogP contribution in [0, 0.1) is 11.8 Å². The van der Waals surface area contributed by atoms with Gasteiger partial charge in [0, 0.05) is 6.16 Å². The van der Waals surface area contributed by atoms with Crippen molar-refractivity contribution in [1.82, 2.24) is 9.55 Å². The van der Waals surface area contributed by atoms with Crippen LogP contribution in [0.25, 0.3) is 0 Å². The number of ether oxygens (including phenoxy) is 1. The van der Waals surface area contributed by atoms with Gasteiger partial charge in [0.1, 0.15) is 25.3 Å². The largest absolute Gasteiger partial charge is 0.778 e. The Morgan fingerprint density at radius 3 is 2.66 bits per heavy atom. The van der Waals surface area contributed by atoms with Crippen LogP contribution in [-0.2, 0) is 13.8 Å². The van der Waals surface area contributed by atoms with Crippen LogP contribution in [0.5, 0.6) is 0 Å². The first kappa shape index (κ1) is 23.8. The van der Waals surface area contributed by atoms with Gasteiger partial charge in [-0.3, -0.25) is 4.57 Å². The van der Waals surface area contributed by atoms with Crippen LogP contribution in [-0.4, -0.2) is 46.1 Å². The zero-order valence-electron chi connectivity index (χ0n) is 17.3. The third kappa shape index (κ3) is 6.77. The van der Waals surface area contributed by atoms with Crippen molar-refractivity contribution in [3.05, 3.63) is 12.0 Å². The lowest BCUT2D eigenvalue weighted by Gasteiger charge is -2.31. The first-order chi connectivity index (χ1) is 13.5. The number of rotatable bonds is 11. The van der Waals surface area contributed by atoms with Gasteiger partial charge >= 0.3 is 0 Å². The molecule has 0 amide bonds. The molecule has 1 aliphatic rings. The van der Waals surface area contributed by atoms with Crippen LogP contribution in [0.4, 0.5) is 5.82 Å². The lowest BCUT2D eigenvalue weighted by Crippen LogP contribution is -2.34. The molecule has 0 aromatic carbocycles. The quantitative estimate of drug-likeness (QED) is 0.368. The number of guanidine groups is 1. The van der Waals surface area contributed by atoms with Gasteiger partial charge in [-0.2, -0.15) is 0 Å². The summed E-state index contributed by atoms with van der Waals surface area (Å²) in [5.41, 5.74) is 12.1. The lowest BCUT2D eigenvalue weighted by atomic mass is 10.1. The Kier molecular flexibility index (Phi) is 8.21. The van der Waals surface area contributed by atoms with Gasteiger partial charge in [-0.05, 0) is 18.3 Å². The van der Waals surface area contributed by atoms with E-state index in [9.17, 15) is 14.6 Å². The van der Waals surface area contributed by atoms with Gasteiger partial charge in [-0.25, -0.2) is 9.98 Å². The van der Waals surface area contributed by atoms with Crippen LogP contribution < -0.4 is 21.7 Å². The highest BCUT2D eigenvalue weighted by atomic mass is 31.2. The minimum Gasteiger partial charge on any atom is -0.778 e. The molecule has 0 fully saturated rings. The fraction of sp³-hybridized carbons (Fsp3) is 0.765. The summed E-state index contributed by atoms with van der Waals surface area (Å²) in [6, 6.07) is 0. The van der Waals surface area contributed by atoms with Crippen molar-refractivity contribution in [2.24, 2.45) is 28.3 Å². The van der Waals surface area contributed by atoms with Crippen LogP contribution in [0.15, 0.2) is 11.3 Å². The minimum absolute atomic E-state index is 0.0344. The first-order valence-electron chi connectivity index (χ1n) is 9.66. The summed E-state index contributed by atoms with van der Waals surface area (Å²) < 4.78 is 24.9. The Bertz CT molecular complexity index is 753. The monoisotopic (exact) mass is 431 g/mol. The van der Waals surface area contributed by atoms with Crippen molar-refractivity contribution >= 4 is 19.4 Å². The number of aliphatic hydroxyl groups excluding tert-OH is 1. The van der Waals surface area contributed by atoms with Crippen LogP contribution in [0.1, 0.15) is 52.2 Å². The molecule has 0 bridgehead atoms. The second-order valence-corrected chi connectivity index (χ2v) is 9.82. The van der Waals surface area contributed by atoms with Gasteiger partial charge in [0.15, 0.2) is 12.2 Å².